The minimum Gasteiger partial charge on any atom is -0.465 e. The number of hydrogen-bond donors (Lipinski definition) is 0. The van der Waals surface area contributed by atoms with Crippen LogP contribution in [0.3, 0.4) is 0 Å². The number of carbonyl (C=O) groups is 1. The smallest absolute Gasteiger partial charge is 0.306 e. The highest BCUT2D eigenvalue weighted by Gasteiger charge is 2.24. The molecule has 1 saturated heterocycles. The molecule has 1 heterocycles. The molecule has 90 valence electrons. The highest BCUT2D eigenvalue weighted by molar-refractivity contribution is 5.73. The highest BCUT2D eigenvalue weighted by atomic mass is 16.5. The molecule has 0 N–H and O–H groups in total. The van der Waals surface area contributed by atoms with Crippen LogP contribution in [0.5, 0.6) is 0 Å². The van der Waals surface area contributed by atoms with Crippen LogP contribution in [0.2, 0.25) is 0 Å². The van der Waals surface area contributed by atoms with Crippen LogP contribution in [0.15, 0.2) is 54.6 Å². The van der Waals surface area contributed by atoms with Gasteiger partial charge in [-0.2, -0.15) is 0 Å². The molecule has 2 aromatic carbocycles. The first-order valence-corrected chi connectivity index (χ1v) is 6.14. The lowest BCUT2D eigenvalue weighted by molar-refractivity contribution is -0.137. The Labute approximate surface area is 106 Å². The average Bonchev–Trinajstić information content (AvgIpc) is 2.87. The third kappa shape index (κ3) is 2.14. The van der Waals surface area contributed by atoms with E-state index in [2.05, 4.69) is 36.4 Å². The van der Waals surface area contributed by atoms with E-state index in [0.29, 0.717) is 13.0 Å². The molecule has 1 fully saturated rings. The summed E-state index contributed by atoms with van der Waals surface area (Å²) in [5.74, 6) is 0.134. The van der Waals surface area contributed by atoms with Crippen molar-refractivity contribution in [1.82, 2.24) is 0 Å². The van der Waals surface area contributed by atoms with E-state index < -0.39 is 0 Å². The maximum absolute atomic E-state index is 11.1. The Morgan fingerprint density at radius 3 is 2.17 bits per heavy atom. The number of carbonyl (C=O) groups excluding carboxylic acids is 1. The summed E-state index contributed by atoms with van der Waals surface area (Å²) in [5, 5.41) is 0. The first-order chi connectivity index (χ1) is 8.83. The molecule has 1 aliphatic heterocycles. The molecule has 1 unspecified atom stereocenters. The Kier molecular flexibility index (Phi) is 2.85. The molecule has 0 aromatic heterocycles. The van der Waals surface area contributed by atoms with Gasteiger partial charge in [-0.25, -0.2) is 0 Å². The standard InChI is InChI=1S/C16H14O2/c17-16-10-15(11-18-16)14-8-6-13(7-9-14)12-4-2-1-3-5-12/h1-9,15H,10-11H2. The van der Waals surface area contributed by atoms with Crippen molar-refractivity contribution >= 4 is 5.97 Å². The van der Waals surface area contributed by atoms with Gasteiger partial charge >= 0.3 is 5.97 Å². The molecule has 0 bridgehead atoms. The molecule has 0 spiro atoms. The summed E-state index contributed by atoms with van der Waals surface area (Å²) >= 11 is 0. The predicted molar refractivity (Wildman–Crippen MR) is 70.2 cm³/mol. The van der Waals surface area contributed by atoms with Gasteiger partial charge in [0.2, 0.25) is 0 Å². The van der Waals surface area contributed by atoms with Crippen molar-refractivity contribution in [2.75, 3.05) is 6.61 Å². The Morgan fingerprint density at radius 2 is 1.56 bits per heavy atom. The number of cyclic esters (lactones) is 1. The van der Waals surface area contributed by atoms with Crippen molar-refractivity contribution in [1.29, 1.82) is 0 Å². The molecule has 18 heavy (non-hydrogen) atoms. The molecule has 2 heteroatoms. The second-order valence-corrected chi connectivity index (χ2v) is 4.57. The Morgan fingerprint density at radius 1 is 0.889 bits per heavy atom. The fourth-order valence-corrected chi connectivity index (χ4v) is 2.30. The summed E-state index contributed by atoms with van der Waals surface area (Å²) in [6, 6.07) is 18.7. The molecule has 0 radical (unpaired) electrons. The van der Waals surface area contributed by atoms with E-state index in [1.165, 1.54) is 16.7 Å². The summed E-state index contributed by atoms with van der Waals surface area (Å²) in [6.45, 7) is 0.517. The van der Waals surface area contributed by atoms with E-state index in [4.69, 9.17) is 4.74 Å². The van der Waals surface area contributed by atoms with Crippen molar-refractivity contribution in [3.63, 3.8) is 0 Å². The van der Waals surface area contributed by atoms with Crippen LogP contribution >= 0.6 is 0 Å². The molecule has 0 aliphatic carbocycles. The molecule has 0 amide bonds. The summed E-state index contributed by atoms with van der Waals surface area (Å²) in [7, 11) is 0. The van der Waals surface area contributed by atoms with Gasteiger partial charge in [-0.1, -0.05) is 54.6 Å². The number of esters is 1. The highest BCUT2D eigenvalue weighted by Crippen LogP contribution is 2.28. The first-order valence-electron chi connectivity index (χ1n) is 6.14. The van der Waals surface area contributed by atoms with E-state index in [9.17, 15) is 4.79 Å². The zero-order valence-electron chi connectivity index (χ0n) is 10.0. The second-order valence-electron chi connectivity index (χ2n) is 4.57. The van der Waals surface area contributed by atoms with Gasteiger partial charge < -0.3 is 4.74 Å². The van der Waals surface area contributed by atoms with Crippen LogP contribution < -0.4 is 0 Å². The molecule has 3 rings (SSSR count). The zero-order chi connectivity index (χ0) is 12.4. The number of ether oxygens (including phenoxy) is 1. The van der Waals surface area contributed by atoms with Gasteiger partial charge in [-0.05, 0) is 16.7 Å². The number of hydrogen-bond acceptors (Lipinski definition) is 2. The molecule has 2 aromatic rings. The van der Waals surface area contributed by atoms with Crippen molar-refractivity contribution in [2.24, 2.45) is 0 Å². The van der Waals surface area contributed by atoms with Gasteiger partial charge in [0.15, 0.2) is 0 Å². The van der Waals surface area contributed by atoms with E-state index in [-0.39, 0.29) is 11.9 Å². The van der Waals surface area contributed by atoms with Crippen molar-refractivity contribution < 1.29 is 9.53 Å². The average molecular weight is 238 g/mol. The van der Waals surface area contributed by atoms with Crippen LogP contribution in [0.4, 0.5) is 0 Å². The fraction of sp³-hybridized carbons (Fsp3) is 0.188. The van der Waals surface area contributed by atoms with Crippen molar-refractivity contribution in [2.45, 2.75) is 12.3 Å². The molecular weight excluding hydrogens is 224 g/mol. The molecular formula is C16H14O2. The van der Waals surface area contributed by atoms with Gasteiger partial charge in [0.05, 0.1) is 13.0 Å². The summed E-state index contributed by atoms with van der Waals surface area (Å²) in [4.78, 5) is 11.1. The van der Waals surface area contributed by atoms with Gasteiger partial charge in [-0.15, -0.1) is 0 Å². The van der Waals surface area contributed by atoms with Gasteiger partial charge in [-0.3, -0.25) is 4.79 Å². The van der Waals surface area contributed by atoms with Crippen LogP contribution in [0, 0.1) is 0 Å². The van der Waals surface area contributed by atoms with Crippen LogP contribution in [0.25, 0.3) is 11.1 Å². The van der Waals surface area contributed by atoms with Crippen molar-refractivity contribution in [3.05, 3.63) is 60.2 Å². The fourth-order valence-electron chi connectivity index (χ4n) is 2.30. The van der Waals surface area contributed by atoms with Crippen LogP contribution in [0.1, 0.15) is 17.9 Å². The first kappa shape index (κ1) is 11.0. The Bertz CT molecular complexity index is 543. The van der Waals surface area contributed by atoms with E-state index in [1.807, 2.05) is 18.2 Å². The largest absolute Gasteiger partial charge is 0.465 e. The number of rotatable bonds is 2. The Balaban J connectivity index is 1.83. The van der Waals surface area contributed by atoms with E-state index >= 15 is 0 Å². The maximum Gasteiger partial charge on any atom is 0.306 e. The molecule has 1 atom stereocenters. The van der Waals surface area contributed by atoms with Crippen LogP contribution in [-0.4, -0.2) is 12.6 Å². The third-order valence-corrected chi connectivity index (χ3v) is 3.35. The summed E-state index contributed by atoms with van der Waals surface area (Å²) in [5.41, 5.74) is 3.59. The third-order valence-electron chi connectivity index (χ3n) is 3.35. The second kappa shape index (κ2) is 4.65. The minimum atomic E-state index is -0.0906. The lowest BCUT2D eigenvalue weighted by atomic mass is 9.96. The summed E-state index contributed by atoms with van der Waals surface area (Å²) in [6.07, 6.45) is 0.505. The van der Waals surface area contributed by atoms with Gasteiger partial charge in [0, 0.05) is 5.92 Å². The maximum atomic E-state index is 11.1. The topological polar surface area (TPSA) is 26.3 Å². The van der Waals surface area contributed by atoms with E-state index in [0.717, 1.165) is 0 Å². The molecule has 0 saturated carbocycles. The zero-order valence-corrected chi connectivity index (χ0v) is 10.0. The van der Waals surface area contributed by atoms with Gasteiger partial charge in [0.1, 0.15) is 0 Å². The molecule has 1 aliphatic rings. The number of benzene rings is 2. The van der Waals surface area contributed by atoms with Crippen LogP contribution in [-0.2, 0) is 9.53 Å². The predicted octanol–water partition coefficient (Wildman–Crippen LogP) is 3.38. The summed E-state index contributed by atoms with van der Waals surface area (Å²) < 4.78 is 5.00. The minimum absolute atomic E-state index is 0.0906. The SMILES string of the molecule is O=C1CC(c2ccc(-c3ccccc3)cc2)CO1. The quantitative estimate of drug-likeness (QED) is 0.750. The van der Waals surface area contributed by atoms with Crippen molar-refractivity contribution in [3.8, 4) is 11.1 Å². The monoisotopic (exact) mass is 238 g/mol. The Hall–Kier alpha value is -2.09. The lowest BCUT2D eigenvalue weighted by Gasteiger charge is -2.08. The normalized spacial score (nSPS) is 18.7. The van der Waals surface area contributed by atoms with E-state index in [1.54, 1.807) is 0 Å². The van der Waals surface area contributed by atoms with Gasteiger partial charge in [0.25, 0.3) is 0 Å². The lowest BCUT2D eigenvalue weighted by Crippen LogP contribution is -1.96. The molecule has 2 nitrogen and oxygen atoms in total.